The molecule has 1 aliphatic rings. The average Bonchev–Trinajstić information content (AvgIpc) is 2.46. The third kappa shape index (κ3) is 3.64. The van der Waals surface area contributed by atoms with Crippen molar-refractivity contribution in [2.24, 2.45) is 0 Å². The molecule has 1 heterocycles. The highest BCUT2D eigenvalue weighted by atomic mass is 16.5. The lowest BCUT2D eigenvalue weighted by Gasteiger charge is -2.29. The summed E-state index contributed by atoms with van der Waals surface area (Å²) in [6.07, 6.45) is 3.09. The van der Waals surface area contributed by atoms with Gasteiger partial charge in [0.15, 0.2) is 0 Å². The van der Waals surface area contributed by atoms with E-state index in [2.05, 4.69) is 4.90 Å². The average molecular weight is 213 g/mol. The van der Waals surface area contributed by atoms with Crippen LogP contribution in [0.3, 0.4) is 0 Å². The maximum atomic E-state index is 11.0. The fourth-order valence-electron chi connectivity index (χ4n) is 1.59. The Morgan fingerprint density at radius 2 is 2.33 bits per heavy atom. The Balaban J connectivity index is 2.23. The minimum absolute atomic E-state index is 0.229. The SMILES string of the molecule is CC=CC(=O)OCCN1CCOC1(C)C. The Morgan fingerprint density at radius 1 is 1.60 bits per heavy atom. The minimum atomic E-state index is -0.282. The van der Waals surface area contributed by atoms with Crippen molar-refractivity contribution in [1.82, 2.24) is 4.90 Å². The molecule has 4 nitrogen and oxygen atoms in total. The zero-order valence-corrected chi connectivity index (χ0v) is 9.66. The van der Waals surface area contributed by atoms with Gasteiger partial charge in [0, 0.05) is 19.2 Å². The summed E-state index contributed by atoms with van der Waals surface area (Å²) in [5, 5.41) is 0. The number of nitrogens with zero attached hydrogens (tertiary/aromatic N) is 1. The lowest BCUT2D eigenvalue weighted by atomic mass is 10.3. The summed E-state index contributed by atoms with van der Waals surface area (Å²) >= 11 is 0. The van der Waals surface area contributed by atoms with Crippen LogP contribution in [-0.4, -0.2) is 42.9 Å². The van der Waals surface area contributed by atoms with Crippen LogP contribution in [0.25, 0.3) is 0 Å². The van der Waals surface area contributed by atoms with Crippen LogP contribution >= 0.6 is 0 Å². The Kier molecular flexibility index (Phi) is 4.29. The predicted molar refractivity (Wildman–Crippen MR) is 57.4 cm³/mol. The highest BCUT2D eigenvalue weighted by Crippen LogP contribution is 2.20. The molecule has 0 N–H and O–H groups in total. The molecule has 0 aromatic heterocycles. The van der Waals surface area contributed by atoms with E-state index in [4.69, 9.17) is 9.47 Å². The molecule has 1 fully saturated rings. The van der Waals surface area contributed by atoms with E-state index >= 15 is 0 Å². The summed E-state index contributed by atoms with van der Waals surface area (Å²) < 4.78 is 10.5. The van der Waals surface area contributed by atoms with Crippen molar-refractivity contribution in [2.75, 3.05) is 26.3 Å². The van der Waals surface area contributed by atoms with Gasteiger partial charge in [-0.2, -0.15) is 0 Å². The molecule has 0 spiro atoms. The van der Waals surface area contributed by atoms with Gasteiger partial charge in [-0.15, -0.1) is 0 Å². The third-order valence-electron chi connectivity index (χ3n) is 2.49. The first-order valence-corrected chi connectivity index (χ1v) is 5.25. The number of ether oxygens (including phenoxy) is 2. The molecule has 1 saturated heterocycles. The van der Waals surface area contributed by atoms with Gasteiger partial charge in [0.25, 0.3) is 0 Å². The van der Waals surface area contributed by atoms with E-state index in [-0.39, 0.29) is 11.7 Å². The summed E-state index contributed by atoms with van der Waals surface area (Å²) in [4.78, 5) is 13.2. The first kappa shape index (κ1) is 12.2. The van der Waals surface area contributed by atoms with Crippen LogP contribution in [-0.2, 0) is 14.3 Å². The van der Waals surface area contributed by atoms with E-state index in [0.29, 0.717) is 6.61 Å². The molecule has 0 aromatic rings. The molecule has 0 atom stereocenters. The van der Waals surface area contributed by atoms with Crippen LogP contribution in [0, 0.1) is 0 Å². The molecule has 0 radical (unpaired) electrons. The van der Waals surface area contributed by atoms with Gasteiger partial charge in [0.05, 0.1) is 6.61 Å². The van der Waals surface area contributed by atoms with E-state index < -0.39 is 0 Å². The van der Waals surface area contributed by atoms with Crippen molar-refractivity contribution in [1.29, 1.82) is 0 Å². The van der Waals surface area contributed by atoms with Crippen LogP contribution in [0.2, 0.25) is 0 Å². The van der Waals surface area contributed by atoms with E-state index in [0.717, 1.165) is 19.7 Å². The fraction of sp³-hybridized carbons (Fsp3) is 0.727. The fourth-order valence-corrected chi connectivity index (χ4v) is 1.59. The Morgan fingerprint density at radius 3 is 2.87 bits per heavy atom. The zero-order valence-electron chi connectivity index (χ0n) is 9.66. The molecule has 0 amide bonds. The summed E-state index contributed by atoms with van der Waals surface area (Å²) in [5.41, 5.74) is -0.229. The number of esters is 1. The quantitative estimate of drug-likeness (QED) is 0.519. The van der Waals surface area contributed by atoms with Gasteiger partial charge in [-0.1, -0.05) is 6.08 Å². The largest absolute Gasteiger partial charge is 0.461 e. The van der Waals surface area contributed by atoms with Gasteiger partial charge in [-0.3, -0.25) is 4.90 Å². The molecule has 0 bridgehead atoms. The molecule has 86 valence electrons. The maximum absolute atomic E-state index is 11.0. The van der Waals surface area contributed by atoms with Crippen LogP contribution in [0.5, 0.6) is 0 Å². The van der Waals surface area contributed by atoms with E-state index in [1.54, 1.807) is 13.0 Å². The molecule has 0 saturated carbocycles. The molecule has 4 heteroatoms. The van der Waals surface area contributed by atoms with Gasteiger partial charge in [-0.25, -0.2) is 4.79 Å². The topological polar surface area (TPSA) is 38.8 Å². The van der Waals surface area contributed by atoms with E-state index in [1.807, 2.05) is 13.8 Å². The van der Waals surface area contributed by atoms with Crippen LogP contribution in [0.1, 0.15) is 20.8 Å². The van der Waals surface area contributed by atoms with Crippen molar-refractivity contribution >= 4 is 5.97 Å². The highest BCUT2D eigenvalue weighted by molar-refractivity contribution is 5.81. The summed E-state index contributed by atoms with van der Waals surface area (Å²) in [7, 11) is 0. The first-order chi connectivity index (χ1) is 7.06. The number of allylic oxidation sites excluding steroid dienone is 1. The second kappa shape index (κ2) is 5.28. The lowest BCUT2D eigenvalue weighted by Crippen LogP contribution is -2.41. The van der Waals surface area contributed by atoms with Crippen molar-refractivity contribution in [2.45, 2.75) is 26.5 Å². The van der Waals surface area contributed by atoms with E-state index in [9.17, 15) is 4.79 Å². The number of rotatable bonds is 4. The van der Waals surface area contributed by atoms with Crippen molar-refractivity contribution in [3.8, 4) is 0 Å². The Hall–Kier alpha value is -0.870. The summed E-state index contributed by atoms with van der Waals surface area (Å²) in [6, 6.07) is 0. The lowest BCUT2D eigenvalue weighted by molar-refractivity contribution is -0.139. The number of hydrogen-bond acceptors (Lipinski definition) is 4. The Bertz CT molecular complexity index is 248. The second-order valence-corrected chi connectivity index (χ2v) is 3.95. The molecule has 0 aromatic carbocycles. The molecule has 1 rings (SSSR count). The number of hydrogen-bond donors (Lipinski definition) is 0. The molecule has 15 heavy (non-hydrogen) atoms. The monoisotopic (exact) mass is 213 g/mol. The van der Waals surface area contributed by atoms with Crippen LogP contribution in [0.4, 0.5) is 0 Å². The zero-order chi connectivity index (χ0) is 11.3. The number of carbonyl (C=O) groups excluding carboxylic acids is 1. The third-order valence-corrected chi connectivity index (χ3v) is 2.49. The number of carbonyl (C=O) groups is 1. The summed E-state index contributed by atoms with van der Waals surface area (Å²) in [6.45, 7) is 8.61. The van der Waals surface area contributed by atoms with Crippen LogP contribution < -0.4 is 0 Å². The van der Waals surface area contributed by atoms with Crippen molar-refractivity contribution in [3.63, 3.8) is 0 Å². The minimum Gasteiger partial charge on any atom is -0.461 e. The molecular formula is C11H19NO3. The van der Waals surface area contributed by atoms with Crippen molar-refractivity contribution in [3.05, 3.63) is 12.2 Å². The molecule has 0 aliphatic carbocycles. The van der Waals surface area contributed by atoms with Crippen molar-refractivity contribution < 1.29 is 14.3 Å². The Labute approximate surface area is 90.8 Å². The molecular weight excluding hydrogens is 194 g/mol. The van der Waals surface area contributed by atoms with Crippen LogP contribution in [0.15, 0.2) is 12.2 Å². The van der Waals surface area contributed by atoms with Gasteiger partial charge in [0.1, 0.15) is 12.3 Å². The molecule has 0 unspecified atom stereocenters. The first-order valence-electron chi connectivity index (χ1n) is 5.25. The standard InChI is InChI=1S/C11H19NO3/c1-4-5-10(13)14-8-6-12-7-9-15-11(12,2)3/h4-5H,6-9H2,1-3H3. The normalized spacial score (nSPS) is 21.0. The van der Waals surface area contributed by atoms with E-state index in [1.165, 1.54) is 6.08 Å². The predicted octanol–water partition coefficient (Wildman–Crippen LogP) is 1.17. The summed E-state index contributed by atoms with van der Waals surface area (Å²) in [5.74, 6) is -0.282. The van der Waals surface area contributed by atoms with Gasteiger partial charge < -0.3 is 9.47 Å². The van der Waals surface area contributed by atoms with Gasteiger partial charge in [-0.05, 0) is 20.8 Å². The molecule has 1 aliphatic heterocycles. The van der Waals surface area contributed by atoms with Gasteiger partial charge in [0.2, 0.25) is 0 Å². The second-order valence-electron chi connectivity index (χ2n) is 3.95. The maximum Gasteiger partial charge on any atom is 0.330 e. The van der Waals surface area contributed by atoms with Gasteiger partial charge >= 0.3 is 5.97 Å². The highest BCUT2D eigenvalue weighted by Gasteiger charge is 2.32. The smallest absolute Gasteiger partial charge is 0.330 e.